The van der Waals surface area contributed by atoms with Gasteiger partial charge in [-0.3, -0.25) is 0 Å². The molecular weight excluding hydrogens is 436 g/mol. The van der Waals surface area contributed by atoms with Crippen LogP contribution in [0.25, 0.3) is 0 Å². The van der Waals surface area contributed by atoms with E-state index < -0.39 is 5.82 Å². The normalized spacial score (nSPS) is 10.7. The molecule has 0 bridgehead atoms. The highest BCUT2D eigenvalue weighted by Crippen LogP contribution is 2.35. The third-order valence-corrected chi connectivity index (χ3v) is 4.98. The van der Waals surface area contributed by atoms with Crippen LogP contribution in [0, 0.1) is 5.82 Å². The van der Waals surface area contributed by atoms with E-state index in [2.05, 4.69) is 5.32 Å². The first-order valence-corrected chi connectivity index (χ1v) is 10.1. The molecule has 7 heteroatoms. The minimum absolute atomic E-state index is 0.0564. The summed E-state index contributed by atoms with van der Waals surface area (Å²) in [6, 6.07) is 15.5. The van der Waals surface area contributed by atoms with Crippen molar-refractivity contribution in [3.8, 4) is 11.5 Å². The standard InChI is InChI=1S/C22H19Cl3FNO2/c1-2-28-21-9-15(12-27-17-6-7-20(26)19(25)10-17)18(24)11-22(21)29-13-14-4-3-5-16(23)8-14/h3-11,27H,2,12-13H2,1H3. The molecule has 0 saturated carbocycles. The molecule has 3 rings (SSSR count). The van der Waals surface area contributed by atoms with Gasteiger partial charge in [-0.25, -0.2) is 4.39 Å². The summed E-state index contributed by atoms with van der Waals surface area (Å²) in [6.07, 6.45) is 0. The summed E-state index contributed by atoms with van der Waals surface area (Å²) in [7, 11) is 0. The molecule has 0 saturated heterocycles. The van der Waals surface area contributed by atoms with Gasteiger partial charge in [-0.2, -0.15) is 0 Å². The third-order valence-electron chi connectivity index (χ3n) is 4.10. The van der Waals surface area contributed by atoms with Gasteiger partial charge >= 0.3 is 0 Å². The van der Waals surface area contributed by atoms with Crippen LogP contribution in [-0.4, -0.2) is 6.61 Å². The van der Waals surface area contributed by atoms with Crippen LogP contribution in [0.4, 0.5) is 10.1 Å². The number of anilines is 1. The molecule has 0 radical (unpaired) electrons. The monoisotopic (exact) mass is 453 g/mol. The van der Waals surface area contributed by atoms with E-state index in [0.717, 1.165) is 11.1 Å². The summed E-state index contributed by atoms with van der Waals surface area (Å²) in [5, 5.41) is 4.41. The van der Waals surface area contributed by atoms with Gasteiger partial charge in [0.15, 0.2) is 11.5 Å². The SMILES string of the molecule is CCOc1cc(CNc2ccc(F)c(Cl)c2)c(Cl)cc1OCc1cccc(Cl)c1. The van der Waals surface area contributed by atoms with Crippen LogP contribution in [0.3, 0.4) is 0 Å². The van der Waals surface area contributed by atoms with Gasteiger partial charge in [-0.05, 0) is 54.4 Å². The lowest BCUT2D eigenvalue weighted by Gasteiger charge is -2.16. The Morgan fingerprint density at radius 3 is 2.41 bits per heavy atom. The largest absolute Gasteiger partial charge is 0.490 e. The average molecular weight is 455 g/mol. The number of rotatable bonds is 8. The van der Waals surface area contributed by atoms with Gasteiger partial charge < -0.3 is 14.8 Å². The summed E-state index contributed by atoms with van der Waals surface area (Å²) in [6.45, 7) is 3.13. The number of halogens is 4. The zero-order chi connectivity index (χ0) is 20.8. The van der Waals surface area contributed by atoms with Gasteiger partial charge in [-0.1, -0.05) is 46.9 Å². The number of hydrogen-bond acceptors (Lipinski definition) is 3. The van der Waals surface area contributed by atoms with E-state index in [9.17, 15) is 4.39 Å². The number of benzene rings is 3. The molecule has 0 unspecified atom stereocenters. The highest BCUT2D eigenvalue weighted by atomic mass is 35.5. The van der Waals surface area contributed by atoms with Gasteiger partial charge in [0.1, 0.15) is 12.4 Å². The van der Waals surface area contributed by atoms with Crippen molar-refractivity contribution >= 4 is 40.5 Å². The van der Waals surface area contributed by atoms with Crippen molar-refractivity contribution in [1.82, 2.24) is 0 Å². The van der Waals surface area contributed by atoms with Crippen molar-refractivity contribution in [2.75, 3.05) is 11.9 Å². The second kappa shape index (κ2) is 10.1. The van der Waals surface area contributed by atoms with E-state index in [1.54, 1.807) is 12.1 Å². The fourth-order valence-electron chi connectivity index (χ4n) is 2.69. The summed E-state index contributed by atoms with van der Waals surface area (Å²) in [5.74, 6) is 0.674. The fraction of sp³-hybridized carbons (Fsp3) is 0.182. The number of nitrogens with one attached hydrogen (secondary N) is 1. The van der Waals surface area contributed by atoms with Crippen LogP contribution in [-0.2, 0) is 13.2 Å². The Bertz CT molecular complexity index is 998. The van der Waals surface area contributed by atoms with Gasteiger partial charge in [0.05, 0.1) is 11.6 Å². The molecule has 29 heavy (non-hydrogen) atoms. The van der Waals surface area contributed by atoms with Crippen LogP contribution in [0.1, 0.15) is 18.1 Å². The molecule has 0 aliphatic rings. The quantitative estimate of drug-likeness (QED) is 0.385. The number of ether oxygens (including phenoxy) is 2. The van der Waals surface area contributed by atoms with Gasteiger partial charge in [0.25, 0.3) is 0 Å². The summed E-state index contributed by atoms with van der Waals surface area (Å²) < 4.78 is 24.9. The second-order valence-corrected chi connectivity index (χ2v) is 7.48. The lowest BCUT2D eigenvalue weighted by molar-refractivity contribution is 0.269. The first-order chi connectivity index (χ1) is 14.0. The van der Waals surface area contributed by atoms with Crippen LogP contribution >= 0.6 is 34.8 Å². The molecule has 3 aromatic carbocycles. The van der Waals surface area contributed by atoms with Crippen LogP contribution in [0.2, 0.25) is 15.1 Å². The maximum Gasteiger partial charge on any atom is 0.163 e. The molecule has 0 amide bonds. The Kier molecular flexibility index (Phi) is 7.48. The Balaban J connectivity index is 1.75. The Morgan fingerprint density at radius 1 is 0.897 bits per heavy atom. The highest BCUT2D eigenvalue weighted by Gasteiger charge is 2.12. The van der Waals surface area contributed by atoms with Crippen LogP contribution < -0.4 is 14.8 Å². The first kappa shape index (κ1) is 21.6. The molecule has 0 aliphatic heterocycles. The molecule has 152 valence electrons. The first-order valence-electron chi connectivity index (χ1n) is 8.97. The van der Waals surface area contributed by atoms with E-state index in [-0.39, 0.29) is 5.02 Å². The molecule has 3 aromatic rings. The topological polar surface area (TPSA) is 30.5 Å². The zero-order valence-electron chi connectivity index (χ0n) is 15.6. The van der Waals surface area contributed by atoms with Crippen molar-refractivity contribution in [2.24, 2.45) is 0 Å². The predicted molar refractivity (Wildman–Crippen MR) is 117 cm³/mol. The summed E-state index contributed by atoms with van der Waals surface area (Å²) in [4.78, 5) is 0. The zero-order valence-corrected chi connectivity index (χ0v) is 17.9. The van der Waals surface area contributed by atoms with E-state index in [0.29, 0.717) is 47.0 Å². The molecule has 0 atom stereocenters. The molecule has 3 nitrogen and oxygen atoms in total. The van der Waals surface area contributed by atoms with Gasteiger partial charge in [0, 0.05) is 28.3 Å². The third kappa shape index (κ3) is 5.92. The lowest BCUT2D eigenvalue weighted by Crippen LogP contribution is -2.04. The molecular formula is C22H19Cl3FNO2. The van der Waals surface area contributed by atoms with E-state index in [1.807, 2.05) is 37.3 Å². The van der Waals surface area contributed by atoms with Crippen LogP contribution in [0.15, 0.2) is 54.6 Å². The maximum atomic E-state index is 13.3. The van der Waals surface area contributed by atoms with Crippen molar-refractivity contribution in [2.45, 2.75) is 20.1 Å². The van der Waals surface area contributed by atoms with E-state index in [4.69, 9.17) is 44.3 Å². The molecule has 0 aromatic heterocycles. The van der Waals surface area contributed by atoms with Crippen molar-refractivity contribution in [3.63, 3.8) is 0 Å². The van der Waals surface area contributed by atoms with E-state index in [1.165, 1.54) is 12.1 Å². The molecule has 0 fully saturated rings. The molecule has 0 aliphatic carbocycles. The molecule has 1 N–H and O–H groups in total. The highest BCUT2D eigenvalue weighted by molar-refractivity contribution is 6.32. The van der Waals surface area contributed by atoms with Crippen molar-refractivity contribution in [3.05, 3.63) is 86.6 Å². The maximum absolute atomic E-state index is 13.3. The Morgan fingerprint density at radius 2 is 1.69 bits per heavy atom. The van der Waals surface area contributed by atoms with Crippen molar-refractivity contribution < 1.29 is 13.9 Å². The van der Waals surface area contributed by atoms with E-state index >= 15 is 0 Å². The minimum Gasteiger partial charge on any atom is -0.490 e. The Hall–Kier alpha value is -2.14. The van der Waals surface area contributed by atoms with Crippen LogP contribution in [0.5, 0.6) is 11.5 Å². The molecule has 0 spiro atoms. The predicted octanol–water partition coefficient (Wildman–Crippen LogP) is 7.38. The molecule has 0 heterocycles. The van der Waals surface area contributed by atoms with Crippen molar-refractivity contribution in [1.29, 1.82) is 0 Å². The summed E-state index contributed by atoms with van der Waals surface area (Å²) in [5.41, 5.74) is 2.44. The second-order valence-electron chi connectivity index (χ2n) is 6.22. The summed E-state index contributed by atoms with van der Waals surface area (Å²) >= 11 is 18.3. The van der Waals surface area contributed by atoms with Gasteiger partial charge in [0.2, 0.25) is 0 Å². The minimum atomic E-state index is -0.463. The average Bonchev–Trinajstić information content (AvgIpc) is 2.69. The Labute approximate surface area is 184 Å². The lowest BCUT2D eigenvalue weighted by atomic mass is 10.2. The smallest absolute Gasteiger partial charge is 0.163 e. The number of hydrogen-bond donors (Lipinski definition) is 1. The fourth-order valence-corrected chi connectivity index (χ4v) is 3.30. The van der Waals surface area contributed by atoms with Gasteiger partial charge in [-0.15, -0.1) is 0 Å².